The lowest BCUT2D eigenvalue weighted by Crippen LogP contribution is -2.33. The van der Waals surface area contributed by atoms with Crippen molar-refractivity contribution >= 4 is 11.2 Å². The normalized spacial score (nSPS) is 12.6. The van der Waals surface area contributed by atoms with Gasteiger partial charge < -0.3 is 19.1 Å². The van der Waals surface area contributed by atoms with Crippen molar-refractivity contribution in [3.05, 3.63) is 69.4 Å². The van der Waals surface area contributed by atoms with Crippen molar-refractivity contribution in [1.82, 2.24) is 19.1 Å². The zero-order chi connectivity index (χ0) is 24.6. The zero-order valence-electron chi connectivity index (χ0n) is 18.0. The van der Waals surface area contributed by atoms with Crippen molar-refractivity contribution in [2.45, 2.75) is 25.9 Å². The Bertz CT molecular complexity index is 1450. The number of halogens is 3. The van der Waals surface area contributed by atoms with Gasteiger partial charge in [0.05, 0.1) is 12.6 Å². The Balaban J connectivity index is 1.69. The maximum absolute atomic E-state index is 12.6. The summed E-state index contributed by atoms with van der Waals surface area (Å²) in [5.41, 5.74) is -0.489. The number of aliphatic hydroxyl groups excluding tert-OH is 1. The van der Waals surface area contributed by atoms with Crippen LogP contribution in [0.25, 0.3) is 22.6 Å². The molecule has 4 aromatic rings. The maximum Gasteiger partial charge on any atom is 0.573 e. The third-order valence-electron chi connectivity index (χ3n) is 4.88. The standard InChI is InChI=1S/C22H19F3N4O5/c1-12(30)11-29-19-17(20(31)27-21(29)32)28(2)18(26-19)13-7-9-14(10-8-13)33-15-5-3-4-6-16(15)34-22(23,24)25/h3-10,12,30H,11H2,1-2H3,(H,27,31,32). The number of hydrogen-bond donors (Lipinski definition) is 2. The van der Waals surface area contributed by atoms with Gasteiger partial charge in [-0.2, -0.15) is 0 Å². The average molecular weight is 476 g/mol. The van der Waals surface area contributed by atoms with Crippen molar-refractivity contribution in [3.63, 3.8) is 0 Å². The lowest BCUT2D eigenvalue weighted by molar-refractivity contribution is -0.275. The highest BCUT2D eigenvalue weighted by Gasteiger charge is 2.32. The highest BCUT2D eigenvalue weighted by atomic mass is 19.4. The molecule has 2 aromatic carbocycles. The third-order valence-corrected chi connectivity index (χ3v) is 4.88. The van der Waals surface area contributed by atoms with E-state index in [1.54, 1.807) is 19.2 Å². The minimum absolute atomic E-state index is 0.0608. The molecular formula is C22H19F3N4O5. The Hall–Kier alpha value is -4.06. The molecule has 2 N–H and O–H groups in total. The molecule has 0 spiro atoms. The Kier molecular flexibility index (Phi) is 5.92. The minimum atomic E-state index is -4.87. The third kappa shape index (κ3) is 4.66. The number of H-pyrrole nitrogens is 1. The van der Waals surface area contributed by atoms with Crippen LogP contribution in [0.2, 0.25) is 0 Å². The molecule has 2 heterocycles. The van der Waals surface area contributed by atoms with Crippen LogP contribution in [-0.2, 0) is 13.6 Å². The number of ether oxygens (including phenoxy) is 2. The van der Waals surface area contributed by atoms with Crippen LogP contribution in [0.1, 0.15) is 6.92 Å². The van der Waals surface area contributed by atoms with Gasteiger partial charge in [-0.1, -0.05) is 12.1 Å². The topological polar surface area (TPSA) is 111 Å². The number of aromatic nitrogens is 4. The first-order valence-corrected chi connectivity index (χ1v) is 10.0. The molecule has 178 valence electrons. The highest BCUT2D eigenvalue weighted by molar-refractivity contribution is 5.77. The molecule has 9 nitrogen and oxygen atoms in total. The Morgan fingerprint density at radius 3 is 2.35 bits per heavy atom. The Morgan fingerprint density at radius 2 is 1.74 bits per heavy atom. The first-order valence-electron chi connectivity index (χ1n) is 10.0. The fourth-order valence-electron chi connectivity index (χ4n) is 3.48. The van der Waals surface area contributed by atoms with E-state index < -0.39 is 29.5 Å². The molecule has 0 fully saturated rings. The summed E-state index contributed by atoms with van der Waals surface area (Å²) in [5, 5.41) is 9.71. The second kappa shape index (κ2) is 8.71. The van der Waals surface area contributed by atoms with Gasteiger partial charge in [-0.05, 0) is 43.3 Å². The molecule has 0 saturated carbocycles. The van der Waals surface area contributed by atoms with Gasteiger partial charge >= 0.3 is 12.1 Å². The second-order valence-corrected chi connectivity index (χ2v) is 7.51. The molecule has 4 rings (SSSR count). The van der Waals surface area contributed by atoms with E-state index in [-0.39, 0.29) is 29.2 Å². The summed E-state index contributed by atoms with van der Waals surface area (Å²) in [4.78, 5) is 31.3. The Labute approximate surface area is 189 Å². The fraction of sp³-hybridized carbons (Fsp3) is 0.227. The van der Waals surface area contributed by atoms with Crippen LogP contribution in [0.4, 0.5) is 13.2 Å². The number of para-hydroxylation sites is 2. The van der Waals surface area contributed by atoms with E-state index in [0.29, 0.717) is 11.4 Å². The molecule has 0 saturated heterocycles. The number of alkyl halides is 3. The number of benzene rings is 2. The molecule has 1 atom stereocenters. The van der Waals surface area contributed by atoms with Gasteiger partial charge in [0.15, 0.2) is 22.7 Å². The van der Waals surface area contributed by atoms with Crippen molar-refractivity contribution in [2.75, 3.05) is 0 Å². The van der Waals surface area contributed by atoms with Crippen molar-refractivity contribution in [2.24, 2.45) is 7.05 Å². The number of aliphatic hydroxyl groups is 1. The van der Waals surface area contributed by atoms with Crippen molar-refractivity contribution < 1.29 is 27.8 Å². The zero-order valence-corrected chi connectivity index (χ0v) is 18.0. The molecule has 0 aliphatic heterocycles. The molecule has 0 amide bonds. The van der Waals surface area contributed by atoms with Crippen LogP contribution in [0, 0.1) is 0 Å². The summed E-state index contributed by atoms with van der Waals surface area (Å²) in [6.45, 7) is 1.44. The molecule has 0 radical (unpaired) electrons. The number of rotatable bonds is 6. The average Bonchev–Trinajstić information content (AvgIpc) is 3.09. The molecule has 0 aliphatic rings. The summed E-state index contributed by atoms with van der Waals surface area (Å²) >= 11 is 0. The van der Waals surface area contributed by atoms with Gasteiger partial charge in [0.25, 0.3) is 5.56 Å². The number of imidazole rings is 1. The van der Waals surface area contributed by atoms with E-state index in [9.17, 15) is 27.9 Å². The second-order valence-electron chi connectivity index (χ2n) is 7.51. The molecule has 2 aromatic heterocycles. The van der Waals surface area contributed by atoms with E-state index in [0.717, 1.165) is 6.07 Å². The lowest BCUT2D eigenvalue weighted by atomic mass is 10.2. The van der Waals surface area contributed by atoms with E-state index in [1.165, 1.54) is 46.4 Å². The number of aromatic amines is 1. The fourth-order valence-corrected chi connectivity index (χ4v) is 3.48. The molecule has 1 unspecified atom stereocenters. The number of hydrogen-bond acceptors (Lipinski definition) is 6. The van der Waals surface area contributed by atoms with Gasteiger partial charge in [0, 0.05) is 12.6 Å². The summed E-state index contributed by atoms with van der Waals surface area (Å²) in [6.07, 6.45) is -5.71. The maximum atomic E-state index is 12.6. The summed E-state index contributed by atoms with van der Waals surface area (Å²) < 4.78 is 50.1. The lowest BCUT2D eigenvalue weighted by Gasteiger charge is -2.13. The number of nitrogens with one attached hydrogen (secondary N) is 1. The number of fused-ring (bicyclic) bond motifs is 1. The van der Waals surface area contributed by atoms with Gasteiger partial charge in [0.2, 0.25) is 0 Å². The number of aryl methyl sites for hydroxylation is 1. The van der Waals surface area contributed by atoms with Crippen LogP contribution in [-0.4, -0.2) is 36.7 Å². The van der Waals surface area contributed by atoms with Crippen LogP contribution < -0.4 is 20.7 Å². The van der Waals surface area contributed by atoms with E-state index >= 15 is 0 Å². The molecule has 0 bridgehead atoms. The number of nitrogens with zero attached hydrogens (tertiary/aromatic N) is 3. The Morgan fingerprint density at radius 1 is 1.09 bits per heavy atom. The SMILES string of the molecule is CC(O)Cn1c(=O)[nH]c(=O)c2c1nc(-c1ccc(Oc3ccccc3OC(F)(F)F)cc1)n2C. The van der Waals surface area contributed by atoms with Crippen LogP contribution in [0.5, 0.6) is 17.2 Å². The minimum Gasteiger partial charge on any atom is -0.453 e. The predicted octanol–water partition coefficient (Wildman–Crippen LogP) is 3.16. The summed E-state index contributed by atoms with van der Waals surface area (Å²) in [7, 11) is 1.60. The monoisotopic (exact) mass is 476 g/mol. The summed E-state index contributed by atoms with van der Waals surface area (Å²) in [5.74, 6) is -0.00360. The van der Waals surface area contributed by atoms with Crippen LogP contribution in [0.15, 0.2) is 58.1 Å². The quantitative estimate of drug-likeness (QED) is 0.442. The summed E-state index contributed by atoms with van der Waals surface area (Å²) in [6, 6.07) is 11.6. The van der Waals surface area contributed by atoms with Gasteiger partial charge in [-0.15, -0.1) is 13.2 Å². The smallest absolute Gasteiger partial charge is 0.453 e. The van der Waals surface area contributed by atoms with Crippen molar-refractivity contribution in [1.29, 1.82) is 0 Å². The van der Waals surface area contributed by atoms with Gasteiger partial charge in [0.1, 0.15) is 11.6 Å². The van der Waals surface area contributed by atoms with Crippen LogP contribution >= 0.6 is 0 Å². The van der Waals surface area contributed by atoms with E-state index in [2.05, 4.69) is 14.7 Å². The predicted molar refractivity (Wildman–Crippen MR) is 116 cm³/mol. The van der Waals surface area contributed by atoms with Crippen LogP contribution in [0.3, 0.4) is 0 Å². The van der Waals surface area contributed by atoms with Gasteiger partial charge in [-0.25, -0.2) is 9.78 Å². The largest absolute Gasteiger partial charge is 0.573 e. The van der Waals surface area contributed by atoms with Crippen molar-refractivity contribution in [3.8, 4) is 28.6 Å². The van der Waals surface area contributed by atoms with E-state index in [1.807, 2.05) is 0 Å². The molecule has 12 heteroatoms. The molecule has 0 aliphatic carbocycles. The first-order chi connectivity index (χ1) is 16.0. The van der Waals surface area contributed by atoms with E-state index in [4.69, 9.17) is 4.74 Å². The first kappa shape index (κ1) is 23.1. The van der Waals surface area contributed by atoms with Gasteiger partial charge in [-0.3, -0.25) is 14.3 Å². The molecule has 34 heavy (non-hydrogen) atoms. The molecular weight excluding hydrogens is 457 g/mol. The highest BCUT2D eigenvalue weighted by Crippen LogP contribution is 2.35.